The fraction of sp³-hybridized carbons (Fsp3) is 0.167. The normalized spacial score (nSPS) is 14.2. The van der Waals surface area contributed by atoms with Crippen molar-refractivity contribution in [2.45, 2.75) is 26.3 Å². The molecule has 0 spiro atoms. The molecule has 0 bridgehead atoms. The Balaban J connectivity index is 1.55. The van der Waals surface area contributed by atoms with Gasteiger partial charge in [-0.2, -0.15) is 0 Å². The van der Waals surface area contributed by atoms with Crippen LogP contribution < -0.4 is 5.32 Å². The summed E-state index contributed by atoms with van der Waals surface area (Å²) >= 11 is 0. The minimum Gasteiger partial charge on any atom is -0.379 e. The van der Waals surface area contributed by atoms with E-state index in [1.807, 2.05) is 0 Å². The Labute approximate surface area is 151 Å². The van der Waals surface area contributed by atoms with Crippen molar-refractivity contribution >= 4 is 17.8 Å². The van der Waals surface area contributed by atoms with Crippen LogP contribution in [0.15, 0.2) is 78.9 Å². The number of anilines is 1. The topological polar surface area (TPSA) is 12.0 Å². The average Bonchev–Trinajstić information content (AvgIpc) is 3.06. The Morgan fingerprint density at radius 1 is 1.16 bits per heavy atom. The SMILES string of the molecule is C=C(/C=C\c1cccc(C)c1)/C=C\C(C)Nc1ccc2c(c1)CC=C2. The van der Waals surface area contributed by atoms with Gasteiger partial charge in [-0.05, 0) is 54.7 Å². The van der Waals surface area contributed by atoms with E-state index in [0.717, 1.165) is 12.0 Å². The molecule has 0 fully saturated rings. The maximum Gasteiger partial charge on any atom is 0.0419 e. The fourth-order valence-electron chi connectivity index (χ4n) is 2.96. The third-order valence-corrected chi connectivity index (χ3v) is 4.30. The molecular weight excluding hydrogens is 302 g/mol. The van der Waals surface area contributed by atoms with E-state index < -0.39 is 0 Å². The van der Waals surface area contributed by atoms with Gasteiger partial charge in [0.1, 0.15) is 0 Å². The minimum atomic E-state index is 0.247. The highest BCUT2D eigenvalue weighted by atomic mass is 14.9. The summed E-state index contributed by atoms with van der Waals surface area (Å²) < 4.78 is 0. The van der Waals surface area contributed by atoms with Crippen LogP contribution in [0, 0.1) is 6.92 Å². The van der Waals surface area contributed by atoms with Crippen LogP contribution >= 0.6 is 0 Å². The lowest BCUT2D eigenvalue weighted by atomic mass is 10.1. The summed E-state index contributed by atoms with van der Waals surface area (Å²) in [5.74, 6) is 0. The summed E-state index contributed by atoms with van der Waals surface area (Å²) in [6, 6.07) is 15.3. The maximum absolute atomic E-state index is 4.11. The molecule has 0 aromatic heterocycles. The predicted molar refractivity (Wildman–Crippen MR) is 111 cm³/mol. The Kier molecular flexibility index (Phi) is 5.35. The van der Waals surface area contributed by atoms with Gasteiger partial charge in [0.05, 0.1) is 0 Å². The van der Waals surface area contributed by atoms with Crippen LogP contribution in [-0.2, 0) is 6.42 Å². The summed E-state index contributed by atoms with van der Waals surface area (Å²) in [6.45, 7) is 8.37. The molecule has 0 radical (unpaired) electrons. The lowest BCUT2D eigenvalue weighted by Gasteiger charge is -2.12. The Morgan fingerprint density at radius 3 is 2.88 bits per heavy atom. The summed E-state index contributed by atoms with van der Waals surface area (Å²) in [7, 11) is 0. The largest absolute Gasteiger partial charge is 0.379 e. The molecule has 1 heteroatoms. The minimum absolute atomic E-state index is 0.247. The second kappa shape index (κ2) is 7.85. The summed E-state index contributed by atoms with van der Waals surface area (Å²) in [5.41, 5.74) is 7.36. The zero-order valence-electron chi connectivity index (χ0n) is 15.0. The molecule has 0 heterocycles. The van der Waals surface area contributed by atoms with Crippen molar-refractivity contribution in [3.8, 4) is 0 Å². The van der Waals surface area contributed by atoms with E-state index in [2.05, 4.69) is 105 Å². The molecule has 3 rings (SSSR count). The van der Waals surface area contributed by atoms with E-state index in [9.17, 15) is 0 Å². The molecule has 1 nitrogen and oxygen atoms in total. The van der Waals surface area contributed by atoms with Crippen molar-refractivity contribution < 1.29 is 0 Å². The Hall–Kier alpha value is -2.80. The van der Waals surface area contributed by atoms with E-state index in [1.165, 1.54) is 27.9 Å². The number of hydrogen-bond donors (Lipinski definition) is 1. The first-order valence-corrected chi connectivity index (χ1v) is 8.78. The van der Waals surface area contributed by atoms with Gasteiger partial charge in [-0.15, -0.1) is 0 Å². The van der Waals surface area contributed by atoms with Crippen molar-refractivity contribution in [3.05, 3.63) is 101 Å². The van der Waals surface area contributed by atoms with Crippen LogP contribution in [0.2, 0.25) is 0 Å². The molecular formula is C24H25N. The first-order chi connectivity index (χ1) is 12.1. The van der Waals surface area contributed by atoms with Crippen molar-refractivity contribution in [1.82, 2.24) is 0 Å². The van der Waals surface area contributed by atoms with Gasteiger partial charge in [-0.25, -0.2) is 0 Å². The number of fused-ring (bicyclic) bond motifs is 1. The Morgan fingerprint density at radius 2 is 2.04 bits per heavy atom. The second-order valence-corrected chi connectivity index (χ2v) is 6.63. The lowest BCUT2D eigenvalue weighted by molar-refractivity contribution is 0.996. The number of benzene rings is 2. The lowest BCUT2D eigenvalue weighted by Crippen LogP contribution is -2.11. The van der Waals surface area contributed by atoms with E-state index in [-0.39, 0.29) is 6.04 Å². The van der Waals surface area contributed by atoms with E-state index in [0.29, 0.717) is 0 Å². The van der Waals surface area contributed by atoms with Crippen molar-refractivity contribution in [2.24, 2.45) is 0 Å². The van der Waals surface area contributed by atoms with Gasteiger partial charge >= 0.3 is 0 Å². The predicted octanol–water partition coefficient (Wildman–Crippen LogP) is 6.19. The molecule has 0 saturated heterocycles. The van der Waals surface area contributed by atoms with Crippen LogP contribution in [0.4, 0.5) is 5.69 Å². The maximum atomic E-state index is 4.11. The molecule has 126 valence electrons. The zero-order chi connectivity index (χ0) is 17.6. The summed E-state index contributed by atoms with van der Waals surface area (Å²) in [5, 5.41) is 3.53. The van der Waals surface area contributed by atoms with Crippen LogP contribution in [0.1, 0.15) is 29.2 Å². The van der Waals surface area contributed by atoms with Crippen LogP contribution in [0.25, 0.3) is 12.2 Å². The standard InChI is InChI=1S/C24H25N/c1-18(11-13-21-7-4-6-19(2)16-21)10-12-20(3)25-24-15-14-22-8-5-9-23(22)17-24/h4-8,10-17,20,25H,1,9H2,2-3H3/b12-10-,13-11-. The monoisotopic (exact) mass is 327 g/mol. The fourth-order valence-corrected chi connectivity index (χ4v) is 2.96. The zero-order valence-corrected chi connectivity index (χ0v) is 15.0. The molecule has 1 aliphatic carbocycles. The highest BCUT2D eigenvalue weighted by Gasteiger charge is 2.06. The Bertz CT molecular complexity index is 852. The van der Waals surface area contributed by atoms with Gasteiger partial charge in [0.2, 0.25) is 0 Å². The quantitative estimate of drug-likeness (QED) is 0.624. The smallest absolute Gasteiger partial charge is 0.0419 e. The van der Waals surface area contributed by atoms with Gasteiger partial charge in [0.15, 0.2) is 0 Å². The van der Waals surface area contributed by atoms with Crippen LogP contribution in [-0.4, -0.2) is 6.04 Å². The number of hydrogen-bond acceptors (Lipinski definition) is 1. The van der Waals surface area contributed by atoms with Crippen LogP contribution in [0.5, 0.6) is 0 Å². The third-order valence-electron chi connectivity index (χ3n) is 4.30. The molecule has 1 unspecified atom stereocenters. The van der Waals surface area contributed by atoms with Gasteiger partial charge in [0, 0.05) is 11.7 Å². The molecule has 2 aromatic carbocycles. The number of allylic oxidation sites excluding steroid dienone is 4. The van der Waals surface area contributed by atoms with Crippen LogP contribution in [0.3, 0.4) is 0 Å². The molecule has 25 heavy (non-hydrogen) atoms. The van der Waals surface area contributed by atoms with Gasteiger partial charge in [-0.1, -0.05) is 78.9 Å². The van der Waals surface area contributed by atoms with E-state index in [1.54, 1.807) is 0 Å². The molecule has 0 saturated carbocycles. The third kappa shape index (κ3) is 4.84. The number of nitrogens with one attached hydrogen (secondary N) is 1. The second-order valence-electron chi connectivity index (χ2n) is 6.63. The van der Waals surface area contributed by atoms with E-state index in [4.69, 9.17) is 0 Å². The number of rotatable bonds is 6. The molecule has 0 aliphatic heterocycles. The summed E-state index contributed by atoms with van der Waals surface area (Å²) in [4.78, 5) is 0. The highest BCUT2D eigenvalue weighted by molar-refractivity contribution is 5.64. The van der Waals surface area contributed by atoms with Crippen molar-refractivity contribution in [2.75, 3.05) is 5.32 Å². The van der Waals surface area contributed by atoms with Crippen molar-refractivity contribution in [3.63, 3.8) is 0 Å². The molecule has 0 amide bonds. The first-order valence-electron chi connectivity index (χ1n) is 8.78. The average molecular weight is 327 g/mol. The van der Waals surface area contributed by atoms with Gasteiger partial charge in [0.25, 0.3) is 0 Å². The molecule has 2 aromatic rings. The highest BCUT2D eigenvalue weighted by Crippen LogP contribution is 2.23. The van der Waals surface area contributed by atoms with Gasteiger partial charge in [-0.3, -0.25) is 0 Å². The van der Waals surface area contributed by atoms with E-state index >= 15 is 0 Å². The summed E-state index contributed by atoms with van der Waals surface area (Å²) in [6.07, 6.45) is 13.8. The number of aryl methyl sites for hydroxylation is 1. The molecule has 1 aliphatic rings. The first kappa shape index (κ1) is 17.0. The van der Waals surface area contributed by atoms with Gasteiger partial charge < -0.3 is 5.32 Å². The molecule has 1 atom stereocenters. The molecule has 1 N–H and O–H groups in total. The van der Waals surface area contributed by atoms with Crippen molar-refractivity contribution in [1.29, 1.82) is 0 Å².